The third-order valence-corrected chi connectivity index (χ3v) is 3.48. The van der Waals surface area contributed by atoms with Gasteiger partial charge in [-0.25, -0.2) is 0 Å². The number of rotatable bonds is 0. The van der Waals surface area contributed by atoms with Crippen LogP contribution in [-0.2, 0) is 0 Å². The van der Waals surface area contributed by atoms with Gasteiger partial charge in [0.2, 0.25) is 0 Å². The zero-order chi connectivity index (χ0) is 7.68. The maximum atomic E-state index is 6.02. The summed E-state index contributed by atoms with van der Waals surface area (Å²) in [6.45, 7) is 0. The Morgan fingerprint density at radius 2 is 1.36 bits per heavy atom. The molecule has 2 radical (unpaired) electrons. The van der Waals surface area contributed by atoms with E-state index in [2.05, 4.69) is 0 Å². The summed E-state index contributed by atoms with van der Waals surface area (Å²) in [5.41, 5.74) is 0. The van der Waals surface area contributed by atoms with Crippen molar-refractivity contribution in [1.82, 2.24) is 0 Å². The maximum absolute atomic E-state index is 6.02. The molecule has 2 saturated carbocycles. The summed E-state index contributed by atoms with van der Waals surface area (Å²) in [4.78, 5) is 0. The van der Waals surface area contributed by atoms with Crippen LogP contribution >= 0.6 is 0 Å². The summed E-state index contributed by atoms with van der Waals surface area (Å²) in [6, 6.07) is 0. The van der Waals surface area contributed by atoms with Gasteiger partial charge in [-0.3, -0.25) is 0 Å². The van der Waals surface area contributed by atoms with Crippen LogP contribution in [0.2, 0.25) is 5.82 Å². The molecule has 0 heterocycles. The van der Waals surface area contributed by atoms with Crippen molar-refractivity contribution in [3.63, 3.8) is 0 Å². The molecule has 0 aliphatic heterocycles. The normalized spacial score (nSPS) is 44.9. The van der Waals surface area contributed by atoms with Crippen LogP contribution < -0.4 is 0 Å². The quantitative estimate of drug-likeness (QED) is 0.463. The molecule has 1 heteroatoms. The average Bonchev–Trinajstić information content (AvgIpc) is 2.19. The highest BCUT2D eigenvalue weighted by Gasteiger charge is 2.25. The van der Waals surface area contributed by atoms with Gasteiger partial charge in [-0.2, -0.15) is 0 Å². The molecule has 0 saturated heterocycles. The zero-order valence-corrected chi connectivity index (χ0v) is 7.26. The van der Waals surface area contributed by atoms with Gasteiger partial charge >= 0.3 is 0 Å². The van der Waals surface area contributed by atoms with Crippen LogP contribution in [0, 0.1) is 11.8 Å². The molecular weight excluding hydrogens is 131 g/mol. The Bertz CT molecular complexity index is 119. The van der Waals surface area contributed by atoms with Crippen LogP contribution in [0.25, 0.3) is 0 Å². The second-order valence-corrected chi connectivity index (χ2v) is 4.47. The van der Waals surface area contributed by atoms with E-state index in [4.69, 9.17) is 7.85 Å². The van der Waals surface area contributed by atoms with Gasteiger partial charge in [-0.05, 0) is 11.8 Å². The molecule has 0 amide bonds. The van der Waals surface area contributed by atoms with Crippen molar-refractivity contribution in [3.05, 3.63) is 0 Å². The first-order valence-corrected chi connectivity index (χ1v) is 5.10. The first-order valence-electron chi connectivity index (χ1n) is 5.10. The summed E-state index contributed by atoms with van der Waals surface area (Å²) >= 11 is 0. The van der Waals surface area contributed by atoms with Crippen molar-refractivity contribution in [2.75, 3.05) is 0 Å². The molecule has 0 aromatic rings. The van der Waals surface area contributed by atoms with E-state index in [-0.39, 0.29) is 0 Å². The summed E-state index contributed by atoms with van der Waals surface area (Å²) in [5, 5.41) is 0. The summed E-state index contributed by atoms with van der Waals surface area (Å²) < 4.78 is 0. The van der Waals surface area contributed by atoms with Crippen molar-refractivity contribution in [2.24, 2.45) is 11.8 Å². The molecule has 2 atom stereocenters. The van der Waals surface area contributed by atoms with Crippen molar-refractivity contribution in [1.29, 1.82) is 0 Å². The van der Waals surface area contributed by atoms with Gasteiger partial charge in [0, 0.05) is 0 Å². The van der Waals surface area contributed by atoms with Crippen LogP contribution in [0.1, 0.15) is 44.9 Å². The average molecular weight is 148 g/mol. The lowest BCUT2D eigenvalue weighted by molar-refractivity contribution is 0.394. The minimum Gasteiger partial charge on any atom is -0.0769 e. The summed E-state index contributed by atoms with van der Waals surface area (Å²) in [7, 11) is 6.02. The fourth-order valence-electron chi connectivity index (χ4n) is 2.88. The van der Waals surface area contributed by atoms with Crippen LogP contribution in [0.4, 0.5) is 0 Å². The zero-order valence-electron chi connectivity index (χ0n) is 7.26. The molecule has 2 unspecified atom stereocenters. The lowest BCUT2D eigenvalue weighted by Gasteiger charge is -2.21. The van der Waals surface area contributed by atoms with E-state index in [1.165, 1.54) is 44.9 Å². The summed E-state index contributed by atoms with van der Waals surface area (Å²) in [6.07, 6.45) is 9.97. The molecule has 0 aromatic carbocycles. The minimum atomic E-state index is 0.535. The molecule has 2 aliphatic carbocycles. The van der Waals surface area contributed by atoms with Crippen LogP contribution in [0.3, 0.4) is 0 Å². The standard InChI is InChI=1S/C10H17B/c11-10-6-8-2-1-3-9(7-10)5-4-8/h8-10H,1-7H2. The lowest BCUT2D eigenvalue weighted by Crippen LogP contribution is -2.06. The first-order chi connectivity index (χ1) is 5.34. The minimum absolute atomic E-state index is 0.535. The lowest BCUT2D eigenvalue weighted by atomic mass is 9.74. The Morgan fingerprint density at radius 3 is 1.91 bits per heavy atom. The van der Waals surface area contributed by atoms with Crippen molar-refractivity contribution >= 4 is 7.85 Å². The number of fused-ring (bicyclic) bond motifs is 3. The van der Waals surface area contributed by atoms with Gasteiger partial charge in [0.1, 0.15) is 0 Å². The van der Waals surface area contributed by atoms with Gasteiger partial charge in [0.25, 0.3) is 0 Å². The molecule has 2 rings (SSSR count). The Kier molecular flexibility index (Phi) is 2.24. The molecule has 2 aliphatic rings. The fraction of sp³-hybridized carbons (Fsp3) is 1.00. The van der Waals surface area contributed by atoms with Crippen LogP contribution in [0.5, 0.6) is 0 Å². The van der Waals surface area contributed by atoms with Crippen molar-refractivity contribution < 1.29 is 0 Å². The fourth-order valence-corrected chi connectivity index (χ4v) is 2.88. The third kappa shape index (κ3) is 1.80. The van der Waals surface area contributed by atoms with Gasteiger partial charge in [0.05, 0.1) is 7.85 Å². The summed E-state index contributed by atoms with van der Waals surface area (Å²) in [5.74, 6) is 2.50. The molecule has 0 aromatic heterocycles. The molecular formula is C10H17B. The van der Waals surface area contributed by atoms with E-state index in [0.717, 1.165) is 11.8 Å². The predicted octanol–water partition coefficient (Wildman–Crippen LogP) is 2.93. The first kappa shape index (κ1) is 7.70. The highest BCUT2D eigenvalue weighted by molar-refractivity contribution is 6.11. The van der Waals surface area contributed by atoms with Crippen molar-refractivity contribution in [2.45, 2.75) is 50.8 Å². The largest absolute Gasteiger partial charge is 0.0769 e. The molecule has 0 spiro atoms. The topological polar surface area (TPSA) is 0 Å². The van der Waals surface area contributed by atoms with E-state index >= 15 is 0 Å². The highest BCUT2D eigenvalue weighted by Crippen LogP contribution is 2.40. The Morgan fingerprint density at radius 1 is 0.818 bits per heavy atom. The highest BCUT2D eigenvalue weighted by atomic mass is 14.3. The van der Waals surface area contributed by atoms with Crippen LogP contribution in [0.15, 0.2) is 0 Å². The van der Waals surface area contributed by atoms with Gasteiger partial charge in [-0.15, -0.1) is 0 Å². The van der Waals surface area contributed by atoms with E-state index in [0.29, 0.717) is 5.82 Å². The predicted molar refractivity (Wildman–Crippen MR) is 48.8 cm³/mol. The molecule has 60 valence electrons. The van der Waals surface area contributed by atoms with Crippen molar-refractivity contribution in [3.8, 4) is 0 Å². The van der Waals surface area contributed by atoms with Crippen LogP contribution in [-0.4, -0.2) is 7.85 Å². The second-order valence-electron chi connectivity index (χ2n) is 4.47. The Hall–Kier alpha value is 0.0649. The van der Waals surface area contributed by atoms with E-state index < -0.39 is 0 Å². The second kappa shape index (κ2) is 3.20. The molecule has 2 fully saturated rings. The Balaban J connectivity index is 2.04. The van der Waals surface area contributed by atoms with E-state index in [9.17, 15) is 0 Å². The number of hydrogen-bond donors (Lipinski definition) is 0. The SMILES string of the molecule is [B]C1CC2CCCC(CC2)C1. The van der Waals surface area contributed by atoms with E-state index in [1.807, 2.05) is 0 Å². The van der Waals surface area contributed by atoms with Gasteiger partial charge in [-0.1, -0.05) is 50.8 Å². The third-order valence-electron chi connectivity index (χ3n) is 3.48. The molecule has 2 bridgehead atoms. The molecule has 0 N–H and O–H groups in total. The molecule has 0 nitrogen and oxygen atoms in total. The maximum Gasteiger partial charge on any atom is 0.0699 e. The Labute approximate surface area is 71.2 Å². The molecule has 11 heavy (non-hydrogen) atoms. The van der Waals surface area contributed by atoms with Gasteiger partial charge < -0.3 is 0 Å². The smallest absolute Gasteiger partial charge is 0.0699 e. The van der Waals surface area contributed by atoms with E-state index in [1.54, 1.807) is 0 Å². The number of hydrogen-bond acceptors (Lipinski definition) is 0. The van der Waals surface area contributed by atoms with Gasteiger partial charge in [0.15, 0.2) is 0 Å². The monoisotopic (exact) mass is 148 g/mol.